The molecule has 0 bridgehead atoms. The zero-order valence-electron chi connectivity index (χ0n) is 18.0. The van der Waals surface area contributed by atoms with Gasteiger partial charge in [0.25, 0.3) is 0 Å². The van der Waals surface area contributed by atoms with Crippen molar-refractivity contribution < 1.29 is 13.6 Å². The largest absolute Gasteiger partial charge is 0.382 e. The summed E-state index contributed by atoms with van der Waals surface area (Å²) in [5.74, 6) is -1.30. The molecule has 4 nitrogen and oxygen atoms in total. The molecular weight excluding hydrogens is 455 g/mol. The molecule has 2 heterocycles. The quantitative estimate of drug-likeness (QED) is 0.589. The number of benzene rings is 2. The van der Waals surface area contributed by atoms with Crippen molar-refractivity contribution in [3.8, 4) is 0 Å². The highest BCUT2D eigenvalue weighted by Crippen LogP contribution is 2.40. The first-order valence-electron chi connectivity index (χ1n) is 11.0. The van der Waals surface area contributed by atoms with E-state index in [2.05, 4.69) is 17.3 Å². The van der Waals surface area contributed by atoms with E-state index in [-0.39, 0.29) is 30.2 Å². The van der Waals surface area contributed by atoms with Crippen LogP contribution < -0.4 is 10.2 Å². The second-order valence-electron chi connectivity index (χ2n) is 8.82. The van der Waals surface area contributed by atoms with Crippen LogP contribution in [0.25, 0.3) is 0 Å². The van der Waals surface area contributed by atoms with Crippen molar-refractivity contribution in [3.05, 3.63) is 57.6 Å². The topological polar surface area (TPSA) is 35.6 Å². The van der Waals surface area contributed by atoms with Gasteiger partial charge in [0, 0.05) is 30.3 Å². The molecule has 1 amide bonds. The maximum atomic E-state index is 14.1. The monoisotopic (exact) mass is 481 g/mol. The van der Waals surface area contributed by atoms with Crippen LogP contribution in [0.2, 0.25) is 10.0 Å². The van der Waals surface area contributed by atoms with Crippen LogP contribution in [0.3, 0.4) is 0 Å². The van der Waals surface area contributed by atoms with E-state index in [4.69, 9.17) is 23.2 Å². The molecule has 2 aromatic rings. The Morgan fingerprint density at radius 3 is 2.31 bits per heavy atom. The highest BCUT2D eigenvalue weighted by Gasteiger charge is 2.31. The number of piperidine rings is 2. The normalized spacial score (nSPS) is 20.6. The number of rotatable bonds is 5. The SMILES string of the molecule is CN1CCC(Nc2cc(Cl)c(N3CC(Cc4c(F)cccc4F)CCC3=O)c(Cl)c2)CC1. The first-order chi connectivity index (χ1) is 15.3. The maximum absolute atomic E-state index is 14.1. The minimum Gasteiger partial charge on any atom is -0.382 e. The Kier molecular flexibility index (Phi) is 7.23. The van der Waals surface area contributed by atoms with Gasteiger partial charge < -0.3 is 15.1 Å². The lowest BCUT2D eigenvalue weighted by Gasteiger charge is -2.34. The number of likely N-dealkylation sites (tertiary alicyclic amines) is 1. The molecule has 2 aliphatic heterocycles. The smallest absolute Gasteiger partial charge is 0.227 e. The first-order valence-corrected chi connectivity index (χ1v) is 11.7. The number of anilines is 2. The molecule has 1 unspecified atom stereocenters. The predicted molar refractivity (Wildman–Crippen MR) is 126 cm³/mol. The molecule has 1 atom stereocenters. The number of carbonyl (C=O) groups is 1. The molecule has 2 aliphatic rings. The average Bonchev–Trinajstić information content (AvgIpc) is 2.74. The lowest BCUT2D eigenvalue weighted by molar-refractivity contribution is -0.120. The molecule has 2 saturated heterocycles. The zero-order chi connectivity index (χ0) is 22.8. The number of carbonyl (C=O) groups excluding carboxylic acids is 1. The second-order valence-corrected chi connectivity index (χ2v) is 9.64. The summed E-state index contributed by atoms with van der Waals surface area (Å²) in [5.41, 5.74) is 1.35. The molecule has 0 aliphatic carbocycles. The third-order valence-corrected chi connectivity index (χ3v) is 7.02. The number of nitrogens with zero attached hydrogens (tertiary/aromatic N) is 2. The maximum Gasteiger partial charge on any atom is 0.227 e. The van der Waals surface area contributed by atoms with E-state index in [1.165, 1.54) is 18.2 Å². The molecule has 4 rings (SSSR count). The molecule has 0 aromatic heterocycles. The van der Waals surface area contributed by atoms with Crippen LogP contribution in [0.15, 0.2) is 30.3 Å². The molecular formula is C24H27Cl2F2N3O. The van der Waals surface area contributed by atoms with Crippen molar-refractivity contribution in [2.45, 2.75) is 38.1 Å². The Morgan fingerprint density at radius 2 is 1.69 bits per heavy atom. The van der Waals surface area contributed by atoms with Crippen molar-refractivity contribution in [3.63, 3.8) is 0 Å². The standard InChI is InChI=1S/C24H27Cl2F2N3O/c1-30-9-7-16(8-10-30)29-17-12-19(25)24(20(26)13-17)31-14-15(5-6-23(31)32)11-18-21(27)3-2-4-22(18)28/h2-4,12-13,15-16,29H,5-11,14H2,1H3. The van der Waals surface area contributed by atoms with Gasteiger partial charge in [0.1, 0.15) is 11.6 Å². The van der Waals surface area contributed by atoms with Crippen molar-refractivity contribution in [1.29, 1.82) is 0 Å². The van der Waals surface area contributed by atoms with E-state index in [1.807, 2.05) is 0 Å². The van der Waals surface area contributed by atoms with Gasteiger partial charge in [0.2, 0.25) is 5.91 Å². The van der Waals surface area contributed by atoms with Crippen LogP contribution in [0.4, 0.5) is 20.2 Å². The molecule has 0 radical (unpaired) electrons. The van der Waals surface area contributed by atoms with Gasteiger partial charge in [-0.15, -0.1) is 0 Å². The van der Waals surface area contributed by atoms with Crippen LogP contribution in [-0.4, -0.2) is 43.5 Å². The summed E-state index contributed by atoms with van der Waals surface area (Å²) in [7, 11) is 2.11. The number of nitrogens with one attached hydrogen (secondary N) is 1. The average molecular weight is 482 g/mol. The van der Waals surface area contributed by atoms with Gasteiger partial charge in [-0.25, -0.2) is 8.78 Å². The first kappa shape index (κ1) is 23.3. The number of hydrogen-bond acceptors (Lipinski definition) is 3. The molecule has 32 heavy (non-hydrogen) atoms. The van der Waals surface area contributed by atoms with E-state index in [0.29, 0.717) is 34.7 Å². The fraction of sp³-hybridized carbons (Fsp3) is 0.458. The van der Waals surface area contributed by atoms with Crippen molar-refractivity contribution in [1.82, 2.24) is 4.90 Å². The predicted octanol–water partition coefficient (Wildman–Crippen LogP) is 5.76. The number of hydrogen-bond donors (Lipinski definition) is 1. The summed E-state index contributed by atoms with van der Waals surface area (Å²) in [6.07, 6.45) is 3.13. The van der Waals surface area contributed by atoms with Crippen molar-refractivity contribution >= 4 is 40.5 Å². The summed E-state index contributed by atoms with van der Waals surface area (Å²) in [4.78, 5) is 16.6. The van der Waals surface area contributed by atoms with Gasteiger partial charge in [-0.3, -0.25) is 4.79 Å². The van der Waals surface area contributed by atoms with Gasteiger partial charge in [-0.1, -0.05) is 29.3 Å². The van der Waals surface area contributed by atoms with Crippen LogP contribution in [0.5, 0.6) is 0 Å². The van der Waals surface area contributed by atoms with Crippen molar-refractivity contribution in [2.75, 3.05) is 36.9 Å². The van der Waals surface area contributed by atoms with E-state index in [9.17, 15) is 13.6 Å². The molecule has 172 valence electrons. The lowest BCUT2D eigenvalue weighted by atomic mass is 9.90. The minimum absolute atomic E-state index is 0.0571. The van der Waals surface area contributed by atoms with E-state index < -0.39 is 11.6 Å². The Bertz CT molecular complexity index is 952. The van der Waals surface area contributed by atoms with Gasteiger partial charge in [0.15, 0.2) is 0 Å². The Morgan fingerprint density at radius 1 is 1.06 bits per heavy atom. The fourth-order valence-electron chi connectivity index (χ4n) is 4.61. The summed E-state index contributed by atoms with van der Waals surface area (Å²) in [6.45, 7) is 2.38. The summed E-state index contributed by atoms with van der Waals surface area (Å²) in [5, 5.41) is 4.27. The van der Waals surface area contributed by atoms with E-state index in [0.717, 1.165) is 31.6 Å². The molecule has 2 fully saturated rings. The molecule has 2 aromatic carbocycles. The van der Waals surface area contributed by atoms with Gasteiger partial charge in [0.05, 0.1) is 15.7 Å². The summed E-state index contributed by atoms with van der Waals surface area (Å²) >= 11 is 13.2. The van der Waals surface area contributed by atoms with Crippen LogP contribution in [-0.2, 0) is 11.2 Å². The Balaban J connectivity index is 1.50. The zero-order valence-corrected chi connectivity index (χ0v) is 19.5. The van der Waals surface area contributed by atoms with Crippen LogP contribution >= 0.6 is 23.2 Å². The Hall–Kier alpha value is -1.89. The highest BCUT2D eigenvalue weighted by atomic mass is 35.5. The third kappa shape index (κ3) is 5.19. The molecule has 1 N–H and O–H groups in total. The number of amides is 1. The van der Waals surface area contributed by atoms with Gasteiger partial charge in [-0.05, 0) is 76.0 Å². The fourth-order valence-corrected chi connectivity index (χ4v) is 5.30. The van der Waals surface area contributed by atoms with E-state index >= 15 is 0 Å². The number of halogens is 4. The molecule has 0 spiro atoms. The van der Waals surface area contributed by atoms with Crippen LogP contribution in [0.1, 0.15) is 31.2 Å². The van der Waals surface area contributed by atoms with E-state index in [1.54, 1.807) is 17.0 Å². The van der Waals surface area contributed by atoms with Crippen LogP contribution in [0, 0.1) is 17.6 Å². The third-order valence-electron chi connectivity index (χ3n) is 6.44. The second kappa shape index (κ2) is 9.94. The summed E-state index contributed by atoms with van der Waals surface area (Å²) < 4.78 is 28.2. The van der Waals surface area contributed by atoms with Crippen molar-refractivity contribution in [2.24, 2.45) is 5.92 Å². The Labute approximate surface area is 197 Å². The summed E-state index contributed by atoms with van der Waals surface area (Å²) in [6, 6.07) is 7.82. The van der Waals surface area contributed by atoms with Gasteiger partial charge in [-0.2, -0.15) is 0 Å². The highest BCUT2D eigenvalue weighted by molar-refractivity contribution is 6.40. The van der Waals surface area contributed by atoms with Gasteiger partial charge >= 0.3 is 0 Å². The lowest BCUT2D eigenvalue weighted by Crippen LogP contribution is -2.41. The minimum atomic E-state index is -0.561. The molecule has 0 saturated carbocycles. The molecule has 8 heteroatoms.